The maximum atomic E-state index is 11.3. The lowest BCUT2D eigenvalue weighted by Crippen LogP contribution is -2.01. The summed E-state index contributed by atoms with van der Waals surface area (Å²) in [5, 5.41) is 14.0. The van der Waals surface area contributed by atoms with Crippen molar-refractivity contribution in [3.63, 3.8) is 0 Å². The molecule has 0 radical (unpaired) electrons. The third kappa shape index (κ3) is 4.72. The Hall–Kier alpha value is -2.97. The molecule has 29 heavy (non-hydrogen) atoms. The molecule has 0 aliphatic rings. The van der Waals surface area contributed by atoms with E-state index in [1.807, 2.05) is 54.8 Å². The highest BCUT2D eigenvalue weighted by Crippen LogP contribution is 2.36. The van der Waals surface area contributed by atoms with Gasteiger partial charge in [0.25, 0.3) is 5.89 Å². The molecule has 148 valence electrons. The fraction of sp³-hybridized carbons (Fsp3) is 0.0952. The summed E-state index contributed by atoms with van der Waals surface area (Å²) < 4.78 is 6.07. The lowest BCUT2D eigenvalue weighted by molar-refractivity contribution is 0.0699. The number of benzene rings is 2. The molecular formula is C21H17BrN2O4S. The van der Waals surface area contributed by atoms with Gasteiger partial charge in [-0.3, -0.25) is 4.79 Å². The molecule has 4 rings (SSSR count). The first kappa shape index (κ1) is 20.8. The van der Waals surface area contributed by atoms with Crippen molar-refractivity contribution in [3.8, 4) is 10.4 Å². The van der Waals surface area contributed by atoms with Crippen LogP contribution in [0.5, 0.6) is 0 Å². The lowest BCUT2D eigenvalue weighted by Gasteiger charge is -2.03. The van der Waals surface area contributed by atoms with E-state index in [0.717, 1.165) is 26.0 Å². The number of aryl methyl sites for hydroxylation is 1. The zero-order valence-corrected chi connectivity index (χ0v) is 18.0. The normalized spacial score (nSPS) is 10.3. The van der Waals surface area contributed by atoms with Gasteiger partial charge in [0.1, 0.15) is 11.1 Å². The molecule has 0 amide bonds. The van der Waals surface area contributed by atoms with E-state index < -0.39 is 5.97 Å². The number of halogens is 1. The molecule has 0 aliphatic carbocycles. The summed E-state index contributed by atoms with van der Waals surface area (Å²) in [6, 6.07) is 13.2. The summed E-state index contributed by atoms with van der Waals surface area (Å²) in [4.78, 5) is 26.3. The zero-order chi connectivity index (χ0) is 21.0. The van der Waals surface area contributed by atoms with Gasteiger partial charge in [-0.25, -0.2) is 9.78 Å². The van der Waals surface area contributed by atoms with Crippen LogP contribution in [0.15, 0.2) is 56.7 Å². The van der Waals surface area contributed by atoms with Crippen LogP contribution in [-0.4, -0.2) is 29.4 Å². The number of carboxylic acid groups (broad SMARTS) is 1. The number of oxazole rings is 1. The molecule has 0 unspecified atom stereocenters. The first-order valence-corrected chi connectivity index (χ1v) is 10.2. The number of carbonyl (C=O) groups excluding carboxylic acids is 1. The van der Waals surface area contributed by atoms with Crippen molar-refractivity contribution in [2.24, 2.45) is 0 Å². The minimum atomic E-state index is -0.909. The van der Waals surface area contributed by atoms with Crippen LogP contribution in [0.25, 0.3) is 21.5 Å². The predicted molar refractivity (Wildman–Crippen MR) is 118 cm³/mol. The van der Waals surface area contributed by atoms with Crippen LogP contribution in [0, 0.1) is 6.92 Å². The van der Waals surface area contributed by atoms with Gasteiger partial charge in [-0.05, 0) is 42.3 Å². The number of nitrogens with one attached hydrogen (secondary N) is 1. The van der Waals surface area contributed by atoms with Gasteiger partial charge in [0, 0.05) is 16.9 Å². The molecule has 0 saturated heterocycles. The van der Waals surface area contributed by atoms with Crippen molar-refractivity contribution in [2.45, 2.75) is 6.92 Å². The Balaban J connectivity index is 0.000000176. The molecule has 0 bridgehead atoms. The van der Waals surface area contributed by atoms with E-state index in [9.17, 15) is 14.7 Å². The summed E-state index contributed by atoms with van der Waals surface area (Å²) in [7, 11) is 1.72. The van der Waals surface area contributed by atoms with Crippen LogP contribution in [-0.2, 0) is 0 Å². The minimum absolute atomic E-state index is 0.135. The third-order valence-corrected chi connectivity index (χ3v) is 5.60. The topological polar surface area (TPSA) is 92.4 Å². The fourth-order valence-corrected chi connectivity index (χ4v) is 4.00. The van der Waals surface area contributed by atoms with E-state index in [0.29, 0.717) is 23.1 Å². The van der Waals surface area contributed by atoms with Crippen molar-refractivity contribution in [2.75, 3.05) is 12.4 Å². The number of carbonyl (C=O) groups is 2. The van der Waals surface area contributed by atoms with Gasteiger partial charge in [-0.1, -0.05) is 34.1 Å². The Kier molecular flexibility index (Phi) is 6.46. The molecule has 0 saturated carbocycles. The van der Waals surface area contributed by atoms with E-state index in [1.165, 1.54) is 11.3 Å². The number of aromatic nitrogens is 1. The number of hydrogen-bond acceptors (Lipinski definition) is 6. The summed E-state index contributed by atoms with van der Waals surface area (Å²) in [6.07, 6.45) is 0.606. The van der Waals surface area contributed by atoms with Gasteiger partial charge >= 0.3 is 5.97 Å². The van der Waals surface area contributed by atoms with Crippen LogP contribution in [0.1, 0.15) is 26.6 Å². The highest BCUT2D eigenvalue weighted by atomic mass is 79.9. The molecule has 4 aromatic rings. The lowest BCUT2D eigenvalue weighted by atomic mass is 10.1. The molecule has 2 N–H and O–H groups in total. The van der Waals surface area contributed by atoms with Gasteiger partial charge in [-0.15, -0.1) is 11.3 Å². The van der Waals surface area contributed by atoms with Gasteiger partial charge in [0.05, 0.1) is 10.6 Å². The summed E-state index contributed by atoms with van der Waals surface area (Å²) in [5.41, 5.74) is 4.39. The Morgan fingerprint density at radius 2 is 1.97 bits per heavy atom. The van der Waals surface area contributed by atoms with Crippen LogP contribution in [0.4, 0.5) is 5.69 Å². The molecule has 0 spiro atoms. The number of aromatic carboxylic acids is 1. The molecule has 6 nitrogen and oxygen atoms in total. The Morgan fingerprint density at radius 3 is 2.59 bits per heavy atom. The average molecular weight is 473 g/mol. The van der Waals surface area contributed by atoms with Gasteiger partial charge in [0.15, 0.2) is 5.58 Å². The van der Waals surface area contributed by atoms with E-state index in [-0.39, 0.29) is 5.89 Å². The van der Waals surface area contributed by atoms with Crippen LogP contribution >= 0.6 is 27.3 Å². The second-order valence-electron chi connectivity index (χ2n) is 6.06. The molecular weight excluding hydrogens is 456 g/mol. The number of fused-ring (bicyclic) bond motifs is 1. The number of nitrogens with zero attached hydrogens (tertiary/aromatic N) is 1. The third-order valence-electron chi connectivity index (χ3n) is 4.04. The van der Waals surface area contributed by atoms with Crippen LogP contribution in [0.2, 0.25) is 0 Å². The first-order valence-electron chi connectivity index (χ1n) is 8.53. The molecule has 0 fully saturated rings. The first-order chi connectivity index (χ1) is 13.9. The van der Waals surface area contributed by atoms with Crippen LogP contribution in [0.3, 0.4) is 0 Å². The molecule has 8 heteroatoms. The van der Waals surface area contributed by atoms with Gasteiger partial charge < -0.3 is 14.8 Å². The highest BCUT2D eigenvalue weighted by Gasteiger charge is 2.18. The SMILES string of the molecule is CNc1csc(-c2ccc(Br)cc2)c1C(=O)O.Cc1ccc2oc(C=O)nc2c1. The molecule has 2 heterocycles. The monoisotopic (exact) mass is 472 g/mol. The summed E-state index contributed by atoms with van der Waals surface area (Å²) in [6.45, 7) is 1.97. The molecule has 2 aromatic carbocycles. The number of aldehydes is 1. The van der Waals surface area contributed by atoms with E-state index in [2.05, 4.69) is 26.2 Å². The Bertz CT molecular complexity index is 1170. The van der Waals surface area contributed by atoms with Gasteiger partial charge in [-0.2, -0.15) is 0 Å². The molecule has 0 atom stereocenters. The smallest absolute Gasteiger partial charge is 0.339 e. The standard InChI is InChI=1S/C12H10BrNO2S.C9H7NO2/c1-14-9-6-17-11(10(9)12(15)16)7-2-4-8(13)5-3-7;1-6-2-3-8-7(4-6)10-9(5-11)12-8/h2-6,14H,1H3,(H,15,16);2-5H,1H3. The highest BCUT2D eigenvalue weighted by molar-refractivity contribution is 9.10. The zero-order valence-electron chi connectivity index (χ0n) is 15.6. The number of rotatable bonds is 4. The Labute approximate surface area is 179 Å². The predicted octanol–water partition coefficient (Wildman–Crippen LogP) is 5.87. The minimum Gasteiger partial charge on any atom is -0.478 e. The second-order valence-corrected chi connectivity index (χ2v) is 7.85. The second kappa shape index (κ2) is 9.02. The maximum absolute atomic E-state index is 11.3. The fourth-order valence-electron chi connectivity index (χ4n) is 2.67. The van der Waals surface area contributed by atoms with Gasteiger partial charge in [0.2, 0.25) is 6.29 Å². The summed E-state index contributed by atoms with van der Waals surface area (Å²) in [5.74, 6) is -0.774. The average Bonchev–Trinajstić information content (AvgIpc) is 3.32. The largest absolute Gasteiger partial charge is 0.478 e. The van der Waals surface area contributed by atoms with Crippen molar-refractivity contribution < 1.29 is 19.1 Å². The van der Waals surface area contributed by atoms with Crippen LogP contribution < -0.4 is 5.32 Å². The summed E-state index contributed by atoms with van der Waals surface area (Å²) >= 11 is 4.79. The number of carboxylic acids is 1. The maximum Gasteiger partial charge on any atom is 0.339 e. The van der Waals surface area contributed by atoms with E-state index in [4.69, 9.17) is 4.42 Å². The quantitative estimate of drug-likeness (QED) is 0.361. The van der Waals surface area contributed by atoms with E-state index >= 15 is 0 Å². The number of hydrogen-bond donors (Lipinski definition) is 2. The van der Waals surface area contributed by atoms with Crippen molar-refractivity contribution in [1.82, 2.24) is 4.98 Å². The van der Waals surface area contributed by atoms with Crippen molar-refractivity contribution in [3.05, 3.63) is 69.3 Å². The molecule has 0 aliphatic heterocycles. The van der Waals surface area contributed by atoms with E-state index in [1.54, 1.807) is 7.05 Å². The van der Waals surface area contributed by atoms with Crippen molar-refractivity contribution >= 4 is 56.3 Å². The Morgan fingerprint density at radius 1 is 1.24 bits per heavy atom. The number of thiophene rings is 1. The van der Waals surface area contributed by atoms with Crippen molar-refractivity contribution in [1.29, 1.82) is 0 Å². The molecule has 2 aromatic heterocycles. The number of anilines is 1.